The van der Waals surface area contributed by atoms with Gasteiger partial charge in [-0.25, -0.2) is 4.79 Å². The quantitative estimate of drug-likeness (QED) is 0.571. The standard InChI is InChI=1S/C25H33NO6.H3P/c1-7-29-19-11-8-17(9-12-19)15-30-24(28)26(6)18-10-13-21-20(14-18)22(31-16(2)3)23(27)25(4,5)32-21;/h8-14,16,22-23,27H,7,15H2,1-6H3;1H3/t22-,23+;/m1./s1. The molecule has 1 aliphatic rings. The summed E-state index contributed by atoms with van der Waals surface area (Å²) >= 11 is 0. The molecule has 3 atom stereocenters. The molecule has 0 radical (unpaired) electrons. The molecule has 2 aromatic carbocycles. The molecule has 0 bridgehead atoms. The molecule has 3 rings (SSSR count). The van der Waals surface area contributed by atoms with Crippen molar-refractivity contribution in [1.29, 1.82) is 0 Å². The van der Waals surface area contributed by atoms with E-state index in [1.807, 2.05) is 58.9 Å². The number of aliphatic hydroxyl groups is 1. The highest BCUT2D eigenvalue weighted by Gasteiger charge is 2.44. The number of amides is 1. The predicted octanol–water partition coefficient (Wildman–Crippen LogP) is 4.91. The van der Waals surface area contributed by atoms with Crippen LogP contribution in [0.2, 0.25) is 0 Å². The number of aliphatic hydroxyl groups excluding tert-OH is 1. The lowest BCUT2D eigenvalue weighted by atomic mass is 9.88. The zero-order chi connectivity index (χ0) is 23.5. The van der Waals surface area contributed by atoms with Crippen LogP contribution in [0.25, 0.3) is 0 Å². The summed E-state index contributed by atoms with van der Waals surface area (Å²) in [6.45, 7) is 10.2. The van der Waals surface area contributed by atoms with Crippen molar-refractivity contribution in [3.8, 4) is 11.5 Å². The lowest BCUT2D eigenvalue weighted by molar-refractivity contribution is -0.147. The molecule has 2 aromatic rings. The summed E-state index contributed by atoms with van der Waals surface area (Å²) in [5, 5.41) is 10.8. The summed E-state index contributed by atoms with van der Waals surface area (Å²) in [6, 6.07) is 12.8. The molecule has 1 N–H and O–H groups in total. The van der Waals surface area contributed by atoms with Crippen molar-refractivity contribution in [2.24, 2.45) is 0 Å². The van der Waals surface area contributed by atoms with E-state index in [0.29, 0.717) is 23.6 Å². The molecule has 0 saturated heterocycles. The molecule has 1 heterocycles. The molecule has 8 heteroatoms. The van der Waals surface area contributed by atoms with Gasteiger partial charge in [-0.15, -0.1) is 0 Å². The number of ether oxygens (including phenoxy) is 4. The van der Waals surface area contributed by atoms with Gasteiger partial charge in [0.2, 0.25) is 0 Å². The predicted molar refractivity (Wildman–Crippen MR) is 133 cm³/mol. The molecule has 1 unspecified atom stereocenters. The van der Waals surface area contributed by atoms with Gasteiger partial charge in [0, 0.05) is 18.3 Å². The number of rotatable bonds is 7. The second-order valence-electron chi connectivity index (χ2n) is 8.67. The highest BCUT2D eigenvalue weighted by atomic mass is 31.0. The van der Waals surface area contributed by atoms with E-state index in [4.69, 9.17) is 18.9 Å². The third-order valence-corrected chi connectivity index (χ3v) is 5.35. The number of nitrogens with zero attached hydrogens (tertiary/aromatic N) is 1. The van der Waals surface area contributed by atoms with E-state index in [9.17, 15) is 9.90 Å². The maximum Gasteiger partial charge on any atom is 0.414 e. The van der Waals surface area contributed by atoms with Crippen LogP contribution in [0.5, 0.6) is 11.5 Å². The Labute approximate surface area is 199 Å². The Morgan fingerprint density at radius 3 is 2.45 bits per heavy atom. The zero-order valence-electron chi connectivity index (χ0n) is 20.3. The topological polar surface area (TPSA) is 77.5 Å². The number of carbonyl (C=O) groups excluding carboxylic acids is 1. The van der Waals surface area contributed by atoms with Crippen LogP contribution in [0, 0.1) is 0 Å². The summed E-state index contributed by atoms with van der Waals surface area (Å²) < 4.78 is 22.9. The van der Waals surface area contributed by atoms with E-state index in [1.165, 1.54) is 4.90 Å². The molecule has 1 amide bonds. The molecule has 0 fully saturated rings. The van der Waals surface area contributed by atoms with E-state index in [1.54, 1.807) is 25.2 Å². The number of carbonyl (C=O) groups is 1. The highest BCUT2D eigenvalue weighted by Crippen LogP contribution is 2.43. The lowest BCUT2D eigenvalue weighted by Crippen LogP contribution is -2.49. The first-order chi connectivity index (χ1) is 15.1. The number of hydrogen-bond donors (Lipinski definition) is 1. The van der Waals surface area contributed by atoms with Gasteiger partial charge in [0.15, 0.2) is 0 Å². The largest absolute Gasteiger partial charge is 0.494 e. The molecular weight excluding hydrogens is 441 g/mol. The van der Waals surface area contributed by atoms with Crippen molar-refractivity contribution in [1.82, 2.24) is 0 Å². The smallest absolute Gasteiger partial charge is 0.414 e. The van der Waals surface area contributed by atoms with Gasteiger partial charge in [0.05, 0.1) is 12.7 Å². The molecular formula is C25H36NO6P. The van der Waals surface area contributed by atoms with Crippen LogP contribution < -0.4 is 14.4 Å². The fourth-order valence-electron chi connectivity index (χ4n) is 3.57. The van der Waals surface area contributed by atoms with E-state index in [2.05, 4.69) is 0 Å². The van der Waals surface area contributed by atoms with Gasteiger partial charge in [0.1, 0.15) is 35.9 Å². The Bertz CT molecular complexity index is 931. The molecule has 0 saturated carbocycles. The van der Waals surface area contributed by atoms with Gasteiger partial charge in [-0.2, -0.15) is 9.90 Å². The first kappa shape index (κ1) is 26.9. The van der Waals surface area contributed by atoms with Crippen LogP contribution in [0.15, 0.2) is 42.5 Å². The van der Waals surface area contributed by atoms with Gasteiger partial charge in [-0.05, 0) is 70.5 Å². The van der Waals surface area contributed by atoms with Gasteiger partial charge in [-0.1, -0.05) is 12.1 Å². The lowest BCUT2D eigenvalue weighted by Gasteiger charge is -2.42. The van der Waals surface area contributed by atoms with E-state index >= 15 is 0 Å². The number of hydrogen-bond acceptors (Lipinski definition) is 6. The molecule has 182 valence electrons. The average Bonchev–Trinajstić information content (AvgIpc) is 2.75. The zero-order valence-corrected chi connectivity index (χ0v) is 21.7. The molecule has 0 aromatic heterocycles. The Morgan fingerprint density at radius 1 is 1.18 bits per heavy atom. The Kier molecular flexibility index (Phi) is 9.12. The Balaban J connectivity index is 0.00000385. The fraction of sp³-hybridized carbons (Fsp3) is 0.480. The SMILES string of the molecule is CCOc1ccc(COC(=O)N(C)c2ccc3c(c2)[C@@H](OC(C)C)[C@H](O)C(C)(C)O3)cc1.P. The second-order valence-corrected chi connectivity index (χ2v) is 8.67. The molecule has 33 heavy (non-hydrogen) atoms. The van der Waals surface area contributed by atoms with Gasteiger partial charge in [0.25, 0.3) is 0 Å². The summed E-state index contributed by atoms with van der Waals surface area (Å²) in [7, 11) is 1.64. The number of anilines is 1. The van der Waals surface area contributed by atoms with Crippen LogP contribution in [0.3, 0.4) is 0 Å². The van der Waals surface area contributed by atoms with Crippen LogP contribution in [-0.4, -0.2) is 42.7 Å². The molecule has 0 aliphatic carbocycles. The van der Waals surface area contributed by atoms with Crippen LogP contribution >= 0.6 is 9.90 Å². The third-order valence-electron chi connectivity index (χ3n) is 5.35. The first-order valence-corrected chi connectivity index (χ1v) is 10.9. The average molecular weight is 478 g/mol. The highest BCUT2D eigenvalue weighted by molar-refractivity contribution is 6.92. The van der Waals surface area contributed by atoms with Crippen LogP contribution in [0.4, 0.5) is 10.5 Å². The van der Waals surface area contributed by atoms with Crippen molar-refractivity contribution < 1.29 is 28.8 Å². The molecule has 0 spiro atoms. The van der Waals surface area contributed by atoms with E-state index in [0.717, 1.165) is 11.3 Å². The maximum atomic E-state index is 12.6. The van der Waals surface area contributed by atoms with Crippen molar-refractivity contribution >= 4 is 21.7 Å². The molecule has 7 nitrogen and oxygen atoms in total. The second kappa shape index (κ2) is 11.2. The van der Waals surface area contributed by atoms with Crippen molar-refractivity contribution in [2.45, 2.75) is 65.1 Å². The first-order valence-electron chi connectivity index (χ1n) is 10.9. The van der Waals surface area contributed by atoms with Crippen molar-refractivity contribution in [3.05, 3.63) is 53.6 Å². The minimum absolute atomic E-state index is 0. The normalized spacial score (nSPS) is 18.5. The number of benzene rings is 2. The van der Waals surface area contributed by atoms with E-state index < -0.39 is 23.9 Å². The van der Waals surface area contributed by atoms with Gasteiger partial charge >= 0.3 is 6.09 Å². The minimum atomic E-state index is -0.857. The van der Waals surface area contributed by atoms with Gasteiger partial charge in [-0.3, -0.25) is 4.90 Å². The number of fused-ring (bicyclic) bond motifs is 1. The third kappa shape index (κ3) is 6.38. The van der Waals surface area contributed by atoms with Crippen molar-refractivity contribution in [2.75, 3.05) is 18.6 Å². The Hall–Kier alpha value is -2.34. The van der Waals surface area contributed by atoms with Gasteiger partial charge < -0.3 is 24.1 Å². The molecule has 1 aliphatic heterocycles. The maximum absolute atomic E-state index is 12.6. The monoisotopic (exact) mass is 477 g/mol. The fourth-order valence-corrected chi connectivity index (χ4v) is 3.57. The van der Waals surface area contributed by atoms with Crippen molar-refractivity contribution in [3.63, 3.8) is 0 Å². The summed E-state index contributed by atoms with van der Waals surface area (Å²) in [6.07, 6.45) is -2.00. The minimum Gasteiger partial charge on any atom is -0.494 e. The van der Waals surface area contributed by atoms with Crippen LogP contribution in [-0.2, 0) is 16.1 Å². The summed E-state index contributed by atoms with van der Waals surface area (Å²) in [5.74, 6) is 1.41. The summed E-state index contributed by atoms with van der Waals surface area (Å²) in [4.78, 5) is 14.1. The summed E-state index contributed by atoms with van der Waals surface area (Å²) in [5.41, 5.74) is 1.39. The Morgan fingerprint density at radius 2 is 1.85 bits per heavy atom. The van der Waals surface area contributed by atoms with Crippen LogP contribution in [0.1, 0.15) is 51.8 Å². The van der Waals surface area contributed by atoms with E-state index in [-0.39, 0.29) is 22.6 Å².